The fourth-order valence-corrected chi connectivity index (χ4v) is 3.96. The maximum Gasteiger partial charge on any atom is 0.214 e. The van der Waals surface area contributed by atoms with E-state index in [9.17, 15) is 8.42 Å². The Hall–Kier alpha value is -0.130. The van der Waals surface area contributed by atoms with Gasteiger partial charge in [-0.05, 0) is 25.7 Å². The summed E-state index contributed by atoms with van der Waals surface area (Å²) in [7, 11) is -3.22. The van der Waals surface area contributed by atoms with Crippen LogP contribution in [0.5, 0.6) is 0 Å². The maximum atomic E-state index is 12.3. The van der Waals surface area contributed by atoms with E-state index in [1.807, 2.05) is 41.5 Å². The highest BCUT2D eigenvalue weighted by molar-refractivity contribution is 7.89. The van der Waals surface area contributed by atoms with Crippen LogP contribution in [0.25, 0.3) is 0 Å². The molecule has 0 aromatic heterocycles. The predicted molar refractivity (Wildman–Crippen MR) is 73.4 cm³/mol. The summed E-state index contributed by atoms with van der Waals surface area (Å²) in [6.45, 7) is 12.5. The van der Waals surface area contributed by atoms with Gasteiger partial charge in [-0.15, -0.1) is 0 Å². The largest absolute Gasteiger partial charge is 0.329 e. The summed E-state index contributed by atoms with van der Waals surface area (Å²) < 4.78 is 26.1. The first-order valence-corrected chi connectivity index (χ1v) is 7.78. The number of nitrogens with zero attached hydrogens (tertiary/aromatic N) is 1. The van der Waals surface area contributed by atoms with E-state index in [1.54, 1.807) is 0 Å². The molecule has 0 atom stereocenters. The highest BCUT2D eigenvalue weighted by Crippen LogP contribution is 2.23. The highest BCUT2D eigenvalue weighted by atomic mass is 32.2. The number of rotatable bonds is 6. The van der Waals surface area contributed by atoms with Gasteiger partial charge in [0, 0.05) is 18.6 Å². The fraction of sp³-hybridized carbons (Fsp3) is 1.00. The van der Waals surface area contributed by atoms with Gasteiger partial charge in [0.05, 0.1) is 5.75 Å². The summed E-state index contributed by atoms with van der Waals surface area (Å²) in [5, 5.41) is 0. The quantitative estimate of drug-likeness (QED) is 0.796. The number of likely N-dealkylation sites (N-methyl/N-ethyl adjacent to an activating group) is 1. The van der Waals surface area contributed by atoms with Crippen molar-refractivity contribution in [2.24, 2.45) is 11.1 Å². The molecule has 0 aromatic carbocycles. The van der Waals surface area contributed by atoms with Gasteiger partial charge in [0.25, 0.3) is 0 Å². The van der Waals surface area contributed by atoms with Crippen molar-refractivity contribution in [2.75, 3.05) is 18.8 Å². The molecule has 0 heterocycles. The molecule has 4 nitrogen and oxygen atoms in total. The number of nitrogens with two attached hydrogens (primary N) is 1. The van der Waals surface area contributed by atoms with Gasteiger partial charge in [-0.3, -0.25) is 0 Å². The van der Waals surface area contributed by atoms with Gasteiger partial charge < -0.3 is 5.73 Å². The monoisotopic (exact) mass is 264 g/mol. The summed E-state index contributed by atoms with van der Waals surface area (Å²) in [6, 6.07) is 0. The molecule has 104 valence electrons. The average Bonchev–Trinajstić information content (AvgIpc) is 2.14. The van der Waals surface area contributed by atoms with Gasteiger partial charge in [-0.1, -0.05) is 27.7 Å². The zero-order valence-electron chi connectivity index (χ0n) is 12.1. The Bertz CT molecular complexity index is 329. The van der Waals surface area contributed by atoms with Crippen LogP contribution in [0.1, 0.15) is 48.0 Å². The van der Waals surface area contributed by atoms with Crippen LogP contribution in [0.2, 0.25) is 0 Å². The Morgan fingerprint density at radius 3 is 1.88 bits per heavy atom. The van der Waals surface area contributed by atoms with E-state index >= 15 is 0 Å². The lowest BCUT2D eigenvalue weighted by Crippen LogP contribution is -2.52. The first-order chi connectivity index (χ1) is 7.46. The molecule has 0 bridgehead atoms. The molecule has 2 N–H and O–H groups in total. The van der Waals surface area contributed by atoms with E-state index in [2.05, 4.69) is 0 Å². The normalized spacial score (nSPS) is 14.4. The molecule has 0 fully saturated rings. The van der Waals surface area contributed by atoms with Crippen LogP contribution in [0.3, 0.4) is 0 Å². The maximum absolute atomic E-state index is 12.3. The summed E-state index contributed by atoms with van der Waals surface area (Å²) in [4.78, 5) is 0. The standard InChI is InChI=1S/C12H28N2O2S/c1-7-14(12(5,6)10-13)17(15,16)9-8-11(2,3)4/h7-10,13H2,1-6H3. The van der Waals surface area contributed by atoms with Crippen molar-refractivity contribution in [3.63, 3.8) is 0 Å². The van der Waals surface area contributed by atoms with Gasteiger partial charge in [-0.2, -0.15) is 4.31 Å². The second-order valence-corrected chi connectivity index (χ2v) is 8.32. The van der Waals surface area contributed by atoms with Gasteiger partial charge >= 0.3 is 0 Å². The minimum absolute atomic E-state index is 0.0271. The van der Waals surface area contributed by atoms with Crippen LogP contribution in [-0.2, 0) is 10.0 Å². The van der Waals surface area contributed by atoms with Gasteiger partial charge in [0.1, 0.15) is 0 Å². The first kappa shape index (κ1) is 16.9. The fourth-order valence-electron chi connectivity index (χ4n) is 1.65. The molecule has 0 radical (unpaired) electrons. The summed E-state index contributed by atoms with van der Waals surface area (Å²) >= 11 is 0. The van der Waals surface area contributed by atoms with Crippen molar-refractivity contribution in [2.45, 2.75) is 53.5 Å². The Labute approximate surface area is 107 Å². The van der Waals surface area contributed by atoms with E-state index in [1.165, 1.54) is 4.31 Å². The van der Waals surface area contributed by atoms with Crippen LogP contribution in [0, 0.1) is 5.41 Å². The molecule has 0 amide bonds. The smallest absolute Gasteiger partial charge is 0.214 e. The van der Waals surface area contributed by atoms with E-state index in [0.717, 1.165) is 0 Å². The molecule has 17 heavy (non-hydrogen) atoms. The topological polar surface area (TPSA) is 63.4 Å². The van der Waals surface area contributed by atoms with Crippen LogP contribution in [0.15, 0.2) is 0 Å². The van der Waals surface area contributed by atoms with Crippen LogP contribution in [0.4, 0.5) is 0 Å². The second-order valence-electron chi connectivity index (χ2n) is 6.31. The molecule has 0 aliphatic carbocycles. The zero-order chi connectivity index (χ0) is 13.9. The summed E-state index contributed by atoms with van der Waals surface area (Å²) in [5.41, 5.74) is 5.17. The molecule has 0 rings (SSSR count). The summed E-state index contributed by atoms with van der Waals surface area (Å²) in [5.74, 6) is 0.188. The molecule has 0 unspecified atom stereocenters. The lowest BCUT2D eigenvalue weighted by Gasteiger charge is -2.36. The van der Waals surface area contributed by atoms with Crippen LogP contribution in [-0.4, -0.2) is 37.1 Å². The van der Waals surface area contributed by atoms with Crippen molar-refractivity contribution < 1.29 is 8.42 Å². The molecular formula is C12H28N2O2S. The zero-order valence-corrected chi connectivity index (χ0v) is 12.9. The molecular weight excluding hydrogens is 236 g/mol. The SMILES string of the molecule is CCN(C(C)(C)CN)S(=O)(=O)CCC(C)(C)C. The minimum Gasteiger partial charge on any atom is -0.329 e. The number of hydrogen-bond donors (Lipinski definition) is 1. The van der Waals surface area contributed by atoms with Gasteiger partial charge in [-0.25, -0.2) is 8.42 Å². The Morgan fingerprint density at radius 1 is 1.12 bits per heavy atom. The molecule has 5 heteroatoms. The lowest BCUT2D eigenvalue weighted by atomic mass is 9.94. The molecule has 0 aromatic rings. The lowest BCUT2D eigenvalue weighted by molar-refractivity contribution is 0.242. The number of hydrogen-bond acceptors (Lipinski definition) is 3. The third kappa shape index (κ3) is 5.36. The molecule has 0 spiro atoms. The van der Waals surface area contributed by atoms with E-state index in [4.69, 9.17) is 5.73 Å². The number of sulfonamides is 1. The van der Waals surface area contributed by atoms with Gasteiger partial charge in [0.2, 0.25) is 10.0 Å². The molecule has 0 aliphatic heterocycles. The van der Waals surface area contributed by atoms with Crippen molar-refractivity contribution >= 4 is 10.0 Å². The second kappa shape index (κ2) is 5.67. The van der Waals surface area contributed by atoms with Crippen molar-refractivity contribution in [3.05, 3.63) is 0 Å². The van der Waals surface area contributed by atoms with Crippen LogP contribution >= 0.6 is 0 Å². The first-order valence-electron chi connectivity index (χ1n) is 6.17. The average molecular weight is 264 g/mol. The third-order valence-corrected chi connectivity index (χ3v) is 5.05. The van der Waals surface area contributed by atoms with E-state index in [-0.39, 0.29) is 11.2 Å². The van der Waals surface area contributed by atoms with Crippen molar-refractivity contribution in [3.8, 4) is 0 Å². The Balaban J connectivity index is 4.90. The van der Waals surface area contributed by atoms with E-state index < -0.39 is 15.6 Å². The van der Waals surface area contributed by atoms with E-state index in [0.29, 0.717) is 19.5 Å². The molecule has 0 aliphatic rings. The van der Waals surface area contributed by atoms with Crippen molar-refractivity contribution in [1.29, 1.82) is 0 Å². The summed E-state index contributed by atoms with van der Waals surface area (Å²) in [6.07, 6.45) is 0.659. The molecule has 0 saturated heterocycles. The third-order valence-electron chi connectivity index (χ3n) is 2.91. The van der Waals surface area contributed by atoms with Crippen molar-refractivity contribution in [1.82, 2.24) is 4.31 Å². The highest BCUT2D eigenvalue weighted by Gasteiger charge is 2.34. The van der Waals surface area contributed by atoms with Crippen LogP contribution < -0.4 is 5.73 Å². The Morgan fingerprint density at radius 2 is 1.59 bits per heavy atom. The molecule has 0 saturated carbocycles. The Kier molecular flexibility index (Phi) is 5.63. The predicted octanol–water partition coefficient (Wildman–Crippen LogP) is 1.81. The minimum atomic E-state index is -3.22. The van der Waals surface area contributed by atoms with Gasteiger partial charge in [0.15, 0.2) is 0 Å².